The van der Waals surface area contributed by atoms with Gasteiger partial charge < -0.3 is 19.5 Å². The number of para-hydroxylation sites is 1. The van der Waals surface area contributed by atoms with Gasteiger partial charge in [-0.2, -0.15) is 26.3 Å². The Morgan fingerprint density at radius 1 is 0.929 bits per heavy atom. The fraction of sp³-hybridized carbons (Fsp3) is 0.448. The standard InChI is InChI=1S/C29H29F6NO5S/c30-28(31,32)25-19(10-12-24(37)36-13-15-40-16-14-36)9-11-23(26(25)29(33,34)35)42-22-4-2-1-3-21(22)41-17-18-5-7-20(8-6-18)27(38)39/h1-4,9-12,18,20H,5-8,13-17H2,(H,38,39)/b12-10-. The van der Waals surface area contributed by atoms with Crippen LogP contribution in [-0.2, 0) is 26.7 Å². The quantitative estimate of drug-likeness (QED) is 0.254. The maximum absolute atomic E-state index is 14.3. The highest BCUT2D eigenvalue weighted by molar-refractivity contribution is 7.99. The lowest BCUT2D eigenvalue weighted by Crippen LogP contribution is -2.39. The van der Waals surface area contributed by atoms with E-state index in [0.29, 0.717) is 37.4 Å². The van der Waals surface area contributed by atoms with Gasteiger partial charge in [0, 0.05) is 24.1 Å². The largest absolute Gasteiger partial charge is 0.492 e. The molecule has 2 fully saturated rings. The lowest BCUT2D eigenvalue weighted by Gasteiger charge is -2.26. The second-order valence-corrected chi connectivity index (χ2v) is 11.2. The molecule has 1 heterocycles. The molecule has 1 aliphatic carbocycles. The average Bonchev–Trinajstić information content (AvgIpc) is 2.95. The van der Waals surface area contributed by atoms with Crippen LogP contribution in [0.4, 0.5) is 26.3 Å². The Bertz CT molecular complexity index is 1300. The Hall–Kier alpha value is -3.19. The first-order valence-corrected chi connectivity index (χ1v) is 14.1. The molecule has 42 heavy (non-hydrogen) atoms. The minimum atomic E-state index is -5.37. The Kier molecular flexibility index (Phi) is 10.1. The number of carboxylic acid groups (broad SMARTS) is 1. The monoisotopic (exact) mass is 617 g/mol. The van der Waals surface area contributed by atoms with Crippen LogP contribution < -0.4 is 4.74 Å². The van der Waals surface area contributed by atoms with E-state index in [9.17, 15) is 41.0 Å². The first kappa shape index (κ1) is 31.7. The number of hydrogen-bond acceptors (Lipinski definition) is 5. The average molecular weight is 618 g/mol. The molecule has 13 heteroatoms. The number of carboxylic acids is 1. The van der Waals surface area contributed by atoms with E-state index in [1.54, 1.807) is 12.1 Å². The van der Waals surface area contributed by atoms with Gasteiger partial charge in [-0.25, -0.2) is 0 Å². The molecule has 2 aromatic carbocycles. The molecule has 0 aromatic heterocycles. The van der Waals surface area contributed by atoms with E-state index in [1.807, 2.05) is 0 Å². The number of ether oxygens (including phenoxy) is 2. The molecule has 2 aromatic rings. The summed E-state index contributed by atoms with van der Waals surface area (Å²) >= 11 is 0.509. The van der Waals surface area contributed by atoms with E-state index in [4.69, 9.17) is 9.47 Å². The fourth-order valence-corrected chi connectivity index (χ4v) is 6.08. The first-order valence-electron chi connectivity index (χ1n) is 13.3. The number of nitrogens with zero attached hydrogens (tertiary/aromatic N) is 1. The minimum absolute atomic E-state index is 0.0486. The molecule has 0 radical (unpaired) electrons. The van der Waals surface area contributed by atoms with Crippen molar-refractivity contribution in [1.82, 2.24) is 4.90 Å². The molecule has 0 unspecified atom stereocenters. The summed E-state index contributed by atoms with van der Waals surface area (Å²) in [5.41, 5.74) is -4.50. The van der Waals surface area contributed by atoms with Crippen molar-refractivity contribution in [1.29, 1.82) is 0 Å². The molecule has 0 atom stereocenters. The molecule has 1 saturated carbocycles. The first-order chi connectivity index (χ1) is 19.8. The summed E-state index contributed by atoms with van der Waals surface area (Å²) in [4.78, 5) is 24.5. The van der Waals surface area contributed by atoms with Crippen molar-refractivity contribution in [3.63, 3.8) is 0 Å². The van der Waals surface area contributed by atoms with E-state index in [0.717, 1.165) is 24.3 Å². The Labute approximate surface area is 242 Å². The summed E-state index contributed by atoms with van der Waals surface area (Å²) in [7, 11) is 0. The van der Waals surface area contributed by atoms with Gasteiger partial charge in [0.05, 0.1) is 41.8 Å². The van der Waals surface area contributed by atoms with Crippen LogP contribution in [0.25, 0.3) is 6.08 Å². The van der Waals surface area contributed by atoms with Crippen molar-refractivity contribution in [2.45, 2.75) is 47.8 Å². The van der Waals surface area contributed by atoms with Crippen molar-refractivity contribution >= 4 is 29.7 Å². The highest BCUT2D eigenvalue weighted by Gasteiger charge is 2.46. The maximum Gasteiger partial charge on any atom is 0.418 e. The van der Waals surface area contributed by atoms with Crippen LogP contribution in [0, 0.1) is 11.8 Å². The molecule has 1 saturated heterocycles. The number of aliphatic carboxylic acids is 1. The van der Waals surface area contributed by atoms with Crippen LogP contribution in [0.2, 0.25) is 0 Å². The molecular formula is C29H29F6NO5S. The molecule has 1 N–H and O–H groups in total. The zero-order valence-electron chi connectivity index (χ0n) is 22.3. The third-order valence-corrected chi connectivity index (χ3v) is 8.35. The van der Waals surface area contributed by atoms with Gasteiger partial charge in [0.1, 0.15) is 5.75 Å². The summed E-state index contributed by atoms with van der Waals surface area (Å²) in [5.74, 6) is -1.62. The number of benzene rings is 2. The smallest absolute Gasteiger partial charge is 0.418 e. The van der Waals surface area contributed by atoms with Gasteiger partial charge in [-0.05, 0) is 61.4 Å². The molecule has 0 spiro atoms. The van der Waals surface area contributed by atoms with Crippen LogP contribution >= 0.6 is 11.8 Å². The Morgan fingerprint density at radius 2 is 1.57 bits per heavy atom. The van der Waals surface area contributed by atoms with Gasteiger partial charge >= 0.3 is 18.3 Å². The minimum Gasteiger partial charge on any atom is -0.492 e. The molecule has 4 rings (SSSR count). The van der Waals surface area contributed by atoms with Crippen LogP contribution in [0.1, 0.15) is 42.4 Å². The summed E-state index contributed by atoms with van der Waals surface area (Å²) in [6.45, 7) is 1.17. The lowest BCUT2D eigenvalue weighted by molar-refractivity contribution is -0.163. The Balaban J connectivity index is 1.61. The van der Waals surface area contributed by atoms with E-state index in [1.165, 1.54) is 17.0 Å². The molecule has 0 bridgehead atoms. The van der Waals surface area contributed by atoms with Crippen molar-refractivity contribution in [2.75, 3.05) is 32.9 Å². The van der Waals surface area contributed by atoms with Gasteiger partial charge in [-0.15, -0.1) is 0 Å². The molecule has 228 valence electrons. The van der Waals surface area contributed by atoms with Gasteiger partial charge in [-0.1, -0.05) is 30.0 Å². The number of morpholine rings is 1. The van der Waals surface area contributed by atoms with Gasteiger partial charge in [0.25, 0.3) is 0 Å². The number of rotatable bonds is 8. The zero-order valence-corrected chi connectivity index (χ0v) is 23.2. The predicted molar refractivity (Wildman–Crippen MR) is 142 cm³/mol. The number of halogens is 6. The van der Waals surface area contributed by atoms with Crippen molar-refractivity contribution in [2.24, 2.45) is 11.8 Å². The summed E-state index contributed by atoms with van der Waals surface area (Å²) in [6.07, 6.45) is -6.90. The third kappa shape index (κ3) is 8.00. The van der Waals surface area contributed by atoms with E-state index in [2.05, 4.69) is 0 Å². The second-order valence-electron chi connectivity index (χ2n) is 10.1. The van der Waals surface area contributed by atoms with Crippen molar-refractivity contribution in [3.05, 3.63) is 59.2 Å². The highest BCUT2D eigenvalue weighted by Crippen LogP contribution is 2.49. The number of carbonyl (C=O) groups excluding carboxylic acids is 1. The predicted octanol–water partition coefficient (Wildman–Crippen LogP) is 7.02. The zero-order chi connectivity index (χ0) is 30.5. The van der Waals surface area contributed by atoms with Crippen LogP contribution in [-0.4, -0.2) is 54.8 Å². The van der Waals surface area contributed by atoms with Crippen molar-refractivity contribution in [3.8, 4) is 5.75 Å². The summed E-state index contributed by atoms with van der Waals surface area (Å²) in [5, 5.41) is 9.17. The van der Waals surface area contributed by atoms with E-state index < -0.39 is 51.7 Å². The van der Waals surface area contributed by atoms with Gasteiger partial charge in [0.15, 0.2) is 0 Å². The number of alkyl halides is 6. The molecule has 1 amide bonds. The molecule has 2 aliphatic rings. The summed E-state index contributed by atoms with van der Waals surface area (Å²) < 4.78 is 96.5. The van der Waals surface area contributed by atoms with Crippen molar-refractivity contribution < 1.29 is 50.5 Å². The van der Waals surface area contributed by atoms with Crippen LogP contribution in [0.15, 0.2) is 52.3 Å². The third-order valence-electron chi connectivity index (χ3n) is 7.23. The number of hydrogen-bond donors (Lipinski definition) is 1. The number of carbonyl (C=O) groups is 2. The number of amides is 1. The van der Waals surface area contributed by atoms with E-state index >= 15 is 0 Å². The van der Waals surface area contributed by atoms with Gasteiger partial charge in [-0.3, -0.25) is 9.59 Å². The second kappa shape index (κ2) is 13.4. The molecular weight excluding hydrogens is 588 g/mol. The normalized spacial score (nSPS) is 20.1. The Morgan fingerprint density at radius 3 is 2.19 bits per heavy atom. The molecule has 1 aliphatic heterocycles. The van der Waals surface area contributed by atoms with Crippen LogP contribution in [0.5, 0.6) is 5.75 Å². The lowest BCUT2D eigenvalue weighted by atomic mass is 9.82. The fourth-order valence-electron chi connectivity index (χ4n) is 5.02. The van der Waals surface area contributed by atoms with Crippen LogP contribution in [0.3, 0.4) is 0 Å². The SMILES string of the molecule is O=C(O)C1CCC(COc2ccccc2Sc2ccc(/C=C\C(=O)N3CCOCC3)c(C(F)(F)F)c2C(F)(F)F)CC1. The molecule has 6 nitrogen and oxygen atoms in total. The topological polar surface area (TPSA) is 76.1 Å². The van der Waals surface area contributed by atoms with E-state index in [-0.39, 0.29) is 49.5 Å². The van der Waals surface area contributed by atoms with Gasteiger partial charge in [0.2, 0.25) is 5.91 Å². The summed E-state index contributed by atoms with van der Waals surface area (Å²) in [6, 6.07) is 8.02. The maximum atomic E-state index is 14.3. The highest BCUT2D eigenvalue weighted by atomic mass is 32.2.